The maximum atomic E-state index is 12.4. The summed E-state index contributed by atoms with van der Waals surface area (Å²) < 4.78 is 0. The zero-order valence-corrected chi connectivity index (χ0v) is 13.2. The van der Waals surface area contributed by atoms with Crippen molar-refractivity contribution in [3.05, 3.63) is 47.8 Å². The molecule has 0 bridgehead atoms. The van der Waals surface area contributed by atoms with Gasteiger partial charge in [0.15, 0.2) is 0 Å². The Morgan fingerprint density at radius 2 is 2.00 bits per heavy atom. The fourth-order valence-electron chi connectivity index (χ4n) is 2.75. The maximum absolute atomic E-state index is 12.4. The van der Waals surface area contributed by atoms with E-state index in [-0.39, 0.29) is 17.7 Å². The van der Waals surface area contributed by atoms with Crippen molar-refractivity contribution in [2.75, 3.05) is 13.1 Å². The number of hydrogen-bond donors (Lipinski definition) is 3. The van der Waals surface area contributed by atoms with Crippen LogP contribution >= 0.6 is 0 Å². The SMILES string of the molecule is Cc1ccc(-c2cncc(C(=O)NC3CCNCC3)c2)cc1O. The van der Waals surface area contributed by atoms with E-state index in [0.29, 0.717) is 5.56 Å². The van der Waals surface area contributed by atoms with Crippen molar-refractivity contribution in [2.45, 2.75) is 25.8 Å². The molecule has 0 radical (unpaired) electrons. The van der Waals surface area contributed by atoms with E-state index in [0.717, 1.165) is 42.6 Å². The van der Waals surface area contributed by atoms with Gasteiger partial charge in [0.2, 0.25) is 0 Å². The number of pyridine rings is 1. The van der Waals surface area contributed by atoms with E-state index in [1.807, 2.05) is 25.1 Å². The molecule has 1 aromatic carbocycles. The second-order valence-corrected chi connectivity index (χ2v) is 5.96. The summed E-state index contributed by atoms with van der Waals surface area (Å²) in [6.07, 6.45) is 5.18. The second kappa shape index (κ2) is 6.79. The number of hydrogen-bond acceptors (Lipinski definition) is 4. The van der Waals surface area contributed by atoms with Crippen molar-refractivity contribution >= 4 is 5.91 Å². The number of phenolic OH excluding ortho intramolecular Hbond substituents is 1. The monoisotopic (exact) mass is 311 g/mol. The van der Waals surface area contributed by atoms with Gasteiger partial charge in [0, 0.05) is 24.0 Å². The number of benzene rings is 1. The van der Waals surface area contributed by atoms with Crippen molar-refractivity contribution in [2.24, 2.45) is 0 Å². The van der Waals surface area contributed by atoms with Crippen molar-refractivity contribution in [3.8, 4) is 16.9 Å². The summed E-state index contributed by atoms with van der Waals surface area (Å²) in [5.74, 6) is 0.148. The van der Waals surface area contributed by atoms with E-state index in [1.54, 1.807) is 18.5 Å². The van der Waals surface area contributed by atoms with Crippen molar-refractivity contribution in [3.63, 3.8) is 0 Å². The van der Waals surface area contributed by atoms with Gasteiger partial charge in [-0.25, -0.2) is 0 Å². The molecule has 0 atom stereocenters. The highest BCUT2D eigenvalue weighted by Crippen LogP contribution is 2.26. The Morgan fingerprint density at radius 3 is 2.74 bits per heavy atom. The molecule has 1 aliphatic rings. The Labute approximate surface area is 135 Å². The molecule has 2 aromatic rings. The molecular weight excluding hydrogens is 290 g/mol. The molecule has 3 N–H and O–H groups in total. The summed E-state index contributed by atoms with van der Waals surface area (Å²) in [6, 6.07) is 7.50. The highest BCUT2D eigenvalue weighted by atomic mass is 16.3. The molecule has 2 heterocycles. The average molecular weight is 311 g/mol. The number of carbonyl (C=O) groups is 1. The lowest BCUT2D eigenvalue weighted by atomic mass is 10.0. The summed E-state index contributed by atoms with van der Waals surface area (Å²) in [4.78, 5) is 16.6. The number of aromatic hydroxyl groups is 1. The smallest absolute Gasteiger partial charge is 0.253 e. The van der Waals surface area contributed by atoms with Crippen LogP contribution in [-0.4, -0.2) is 35.1 Å². The fourth-order valence-corrected chi connectivity index (χ4v) is 2.75. The Bertz CT molecular complexity index is 709. The quantitative estimate of drug-likeness (QED) is 0.813. The van der Waals surface area contributed by atoms with Crippen LogP contribution in [0, 0.1) is 6.92 Å². The molecule has 0 aliphatic carbocycles. The van der Waals surface area contributed by atoms with Crippen LogP contribution in [0.25, 0.3) is 11.1 Å². The molecule has 23 heavy (non-hydrogen) atoms. The van der Waals surface area contributed by atoms with Gasteiger partial charge in [-0.1, -0.05) is 12.1 Å². The van der Waals surface area contributed by atoms with Gasteiger partial charge in [-0.3, -0.25) is 9.78 Å². The second-order valence-electron chi connectivity index (χ2n) is 5.96. The first-order chi connectivity index (χ1) is 11.1. The van der Waals surface area contributed by atoms with E-state index < -0.39 is 0 Å². The molecule has 1 saturated heterocycles. The largest absolute Gasteiger partial charge is 0.508 e. The number of piperidine rings is 1. The Balaban J connectivity index is 1.78. The number of nitrogens with one attached hydrogen (secondary N) is 2. The number of amides is 1. The summed E-state index contributed by atoms with van der Waals surface area (Å²) in [7, 11) is 0. The minimum atomic E-state index is -0.0948. The number of aryl methyl sites for hydroxylation is 1. The number of aromatic nitrogens is 1. The van der Waals surface area contributed by atoms with Crippen molar-refractivity contribution in [1.29, 1.82) is 0 Å². The number of carbonyl (C=O) groups excluding carboxylic acids is 1. The Morgan fingerprint density at radius 1 is 1.22 bits per heavy atom. The van der Waals surface area contributed by atoms with Gasteiger partial charge < -0.3 is 15.7 Å². The van der Waals surface area contributed by atoms with Gasteiger partial charge in [-0.2, -0.15) is 0 Å². The van der Waals surface area contributed by atoms with Crippen LogP contribution < -0.4 is 10.6 Å². The van der Waals surface area contributed by atoms with Crippen LogP contribution in [0.2, 0.25) is 0 Å². The van der Waals surface area contributed by atoms with E-state index in [2.05, 4.69) is 15.6 Å². The van der Waals surface area contributed by atoms with Crippen LogP contribution in [0.15, 0.2) is 36.7 Å². The summed E-state index contributed by atoms with van der Waals surface area (Å²) in [5.41, 5.74) is 3.03. The van der Waals surface area contributed by atoms with Gasteiger partial charge in [-0.05, 0) is 56.1 Å². The molecule has 1 aliphatic heterocycles. The van der Waals surface area contributed by atoms with Crippen molar-refractivity contribution < 1.29 is 9.90 Å². The molecule has 3 rings (SSSR count). The normalized spacial score (nSPS) is 15.3. The van der Waals surface area contributed by atoms with E-state index in [9.17, 15) is 9.90 Å². The average Bonchev–Trinajstić information content (AvgIpc) is 2.58. The molecule has 5 nitrogen and oxygen atoms in total. The van der Waals surface area contributed by atoms with Crippen LogP contribution in [-0.2, 0) is 0 Å². The third-order valence-corrected chi connectivity index (χ3v) is 4.22. The molecule has 0 spiro atoms. The molecule has 120 valence electrons. The Kier molecular flexibility index (Phi) is 4.57. The lowest BCUT2D eigenvalue weighted by molar-refractivity contribution is 0.0929. The zero-order chi connectivity index (χ0) is 16.2. The molecule has 5 heteroatoms. The van der Waals surface area contributed by atoms with Gasteiger partial charge in [0.1, 0.15) is 5.75 Å². The molecular formula is C18H21N3O2. The number of nitrogens with zero attached hydrogens (tertiary/aromatic N) is 1. The van der Waals surface area contributed by atoms with Crippen LogP contribution in [0.5, 0.6) is 5.75 Å². The standard InChI is InChI=1S/C18H21N3O2/c1-12-2-3-13(9-17(12)22)14-8-15(11-20-10-14)18(23)21-16-4-6-19-7-5-16/h2-3,8-11,16,19,22H,4-7H2,1H3,(H,21,23). The molecule has 1 fully saturated rings. The predicted molar refractivity (Wildman–Crippen MR) is 89.4 cm³/mol. The minimum absolute atomic E-state index is 0.0948. The summed E-state index contributed by atoms with van der Waals surface area (Å²) in [5, 5.41) is 16.2. The van der Waals surface area contributed by atoms with Gasteiger partial charge in [0.25, 0.3) is 5.91 Å². The van der Waals surface area contributed by atoms with Gasteiger partial charge in [0.05, 0.1) is 5.56 Å². The van der Waals surface area contributed by atoms with Crippen LogP contribution in [0.1, 0.15) is 28.8 Å². The van der Waals surface area contributed by atoms with Gasteiger partial charge in [-0.15, -0.1) is 0 Å². The number of rotatable bonds is 3. The highest BCUT2D eigenvalue weighted by molar-refractivity contribution is 5.95. The summed E-state index contributed by atoms with van der Waals surface area (Å²) in [6.45, 7) is 3.72. The molecule has 0 saturated carbocycles. The van der Waals surface area contributed by atoms with E-state index in [1.165, 1.54) is 0 Å². The third-order valence-electron chi connectivity index (χ3n) is 4.22. The van der Waals surface area contributed by atoms with E-state index in [4.69, 9.17) is 0 Å². The first kappa shape index (κ1) is 15.5. The lowest BCUT2D eigenvalue weighted by Crippen LogP contribution is -2.42. The number of phenols is 1. The minimum Gasteiger partial charge on any atom is -0.508 e. The predicted octanol–water partition coefficient (Wildman–Crippen LogP) is 2.24. The maximum Gasteiger partial charge on any atom is 0.253 e. The van der Waals surface area contributed by atoms with Crippen LogP contribution in [0.3, 0.4) is 0 Å². The van der Waals surface area contributed by atoms with Crippen LogP contribution in [0.4, 0.5) is 0 Å². The van der Waals surface area contributed by atoms with Gasteiger partial charge >= 0.3 is 0 Å². The van der Waals surface area contributed by atoms with Crippen molar-refractivity contribution in [1.82, 2.24) is 15.6 Å². The topological polar surface area (TPSA) is 74.2 Å². The third kappa shape index (κ3) is 3.68. The van der Waals surface area contributed by atoms with E-state index >= 15 is 0 Å². The molecule has 1 amide bonds. The molecule has 0 unspecified atom stereocenters. The highest BCUT2D eigenvalue weighted by Gasteiger charge is 2.17. The fraction of sp³-hybridized carbons (Fsp3) is 0.333. The lowest BCUT2D eigenvalue weighted by Gasteiger charge is -2.23. The first-order valence-corrected chi connectivity index (χ1v) is 7.90. The first-order valence-electron chi connectivity index (χ1n) is 7.90. The summed E-state index contributed by atoms with van der Waals surface area (Å²) >= 11 is 0. The zero-order valence-electron chi connectivity index (χ0n) is 13.2. The Hall–Kier alpha value is -2.40. The molecule has 1 aromatic heterocycles.